The molecule has 0 saturated carbocycles. The number of likely N-dealkylation sites (tertiary alicyclic amines) is 1. The molecule has 1 aromatic carbocycles. The molecule has 32 heavy (non-hydrogen) atoms. The topological polar surface area (TPSA) is 96.0 Å². The predicted molar refractivity (Wildman–Crippen MR) is 120 cm³/mol. The SMILES string of the molecule is O=C(CCNS(=O)(=O)c1ccc2c(c1)CCCC2)N1CCC(C(=O)N2CCOCC2)CC1. The molecule has 176 valence electrons. The van der Waals surface area contributed by atoms with Crippen LogP contribution in [-0.2, 0) is 37.2 Å². The monoisotopic (exact) mass is 463 g/mol. The zero-order valence-electron chi connectivity index (χ0n) is 18.6. The Hall–Kier alpha value is -1.97. The van der Waals surface area contributed by atoms with Crippen molar-refractivity contribution in [3.05, 3.63) is 29.3 Å². The molecule has 2 saturated heterocycles. The summed E-state index contributed by atoms with van der Waals surface area (Å²) in [5, 5.41) is 0. The van der Waals surface area contributed by atoms with Crippen LogP contribution in [0.15, 0.2) is 23.1 Å². The van der Waals surface area contributed by atoms with Gasteiger partial charge in [0.05, 0.1) is 18.1 Å². The lowest BCUT2D eigenvalue weighted by Gasteiger charge is -2.35. The molecule has 1 N–H and O–H groups in total. The second kappa shape index (κ2) is 10.3. The molecule has 0 bridgehead atoms. The number of hydrogen-bond donors (Lipinski definition) is 1. The molecular weight excluding hydrogens is 430 g/mol. The molecule has 2 heterocycles. The fraction of sp³-hybridized carbons (Fsp3) is 0.652. The lowest BCUT2D eigenvalue weighted by molar-refractivity contribution is -0.143. The number of benzene rings is 1. The number of aryl methyl sites for hydroxylation is 2. The summed E-state index contributed by atoms with van der Waals surface area (Å²) in [6, 6.07) is 5.34. The van der Waals surface area contributed by atoms with Crippen LogP contribution < -0.4 is 4.72 Å². The Morgan fingerprint density at radius 2 is 1.66 bits per heavy atom. The number of sulfonamides is 1. The lowest BCUT2D eigenvalue weighted by atomic mass is 9.92. The zero-order valence-corrected chi connectivity index (χ0v) is 19.4. The zero-order chi connectivity index (χ0) is 22.6. The number of fused-ring (bicyclic) bond motifs is 1. The summed E-state index contributed by atoms with van der Waals surface area (Å²) < 4.78 is 33.2. The highest BCUT2D eigenvalue weighted by Crippen LogP contribution is 2.24. The standard InChI is InChI=1S/C23H33N3O5S/c27-22(25-11-8-19(9-12-25)23(28)26-13-15-31-16-14-26)7-10-24-32(29,30)21-6-5-18-3-1-2-4-20(18)17-21/h5-6,17,19,24H,1-4,7-16H2. The number of carbonyl (C=O) groups excluding carboxylic acids is 2. The van der Waals surface area contributed by atoms with E-state index in [-0.39, 0.29) is 35.6 Å². The van der Waals surface area contributed by atoms with Crippen LogP contribution in [0.25, 0.3) is 0 Å². The van der Waals surface area contributed by atoms with Gasteiger partial charge in [-0.3, -0.25) is 9.59 Å². The quantitative estimate of drug-likeness (QED) is 0.687. The van der Waals surface area contributed by atoms with Crippen molar-refractivity contribution in [2.45, 2.75) is 49.8 Å². The van der Waals surface area contributed by atoms with Crippen LogP contribution in [0.3, 0.4) is 0 Å². The predicted octanol–water partition coefficient (Wildman–Crippen LogP) is 1.33. The average molecular weight is 464 g/mol. The van der Waals surface area contributed by atoms with E-state index in [2.05, 4.69) is 4.72 Å². The first-order chi connectivity index (χ1) is 15.4. The van der Waals surface area contributed by atoms with E-state index in [1.54, 1.807) is 17.0 Å². The van der Waals surface area contributed by atoms with Gasteiger partial charge in [-0.2, -0.15) is 0 Å². The number of morpholine rings is 1. The maximum Gasteiger partial charge on any atom is 0.240 e. The fourth-order valence-electron chi connectivity index (χ4n) is 4.83. The van der Waals surface area contributed by atoms with E-state index in [0.717, 1.165) is 31.2 Å². The highest BCUT2D eigenvalue weighted by molar-refractivity contribution is 7.89. The van der Waals surface area contributed by atoms with E-state index in [0.29, 0.717) is 52.2 Å². The number of nitrogens with zero attached hydrogens (tertiary/aromatic N) is 2. The van der Waals surface area contributed by atoms with Crippen molar-refractivity contribution in [2.24, 2.45) is 5.92 Å². The number of carbonyl (C=O) groups is 2. The molecule has 4 rings (SSSR count). The summed E-state index contributed by atoms with van der Waals surface area (Å²) >= 11 is 0. The van der Waals surface area contributed by atoms with Crippen molar-refractivity contribution in [3.63, 3.8) is 0 Å². The van der Waals surface area contributed by atoms with Crippen LogP contribution in [-0.4, -0.2) is 76.0 Å². The van der Waals surface area contributed by atoms with E-state index in [1.165, 1.54) is 5.56 Å². The number of piperidine rings is 1. The normalized spacial score (nSPS) is 20.1. The number of hydrogen-bond acceptors (Lipinski definition) is 5. The van der Waals surface area contributed by atoms with Crippen molar-refractivity contribution in [2.75, 3.05) is 45.9 Å². The minimum atomic E-state index is -3.63. The van der Waals surface area contributed by atoms with Gasteiger partial charge in [-0.05, 0) is 61.8 Å². The molecule has 2 amide bonds. The summed E-state index contributed by atoms with van der Waals surface area (Å²) in [4.78, 5) is 29.1. The van der Waals surface area contributed by atoms with Gasteiger partial charge >= 0.3 is 0 Å². The van der Waals surface area contributed by atoms with Gasteiger partial charge in [0.15, 0.2) is 0 Å². The maximum atomic E-state index is 12.7. The third-order valence-electron chi connectivity index (χ3n) is 6.78. The molecule has 0 spiro atoms. The van der Waals surface area contributed by atoms with Crippen LogP contribution in [0.2, 0.25) is 0 Å². The van der Waals surface area contributed by atoms with Crippen LogP contribution >= 0.6 is 0 Å². The van der Waals surface area contributed by atoms with E-state index in [9.17, 15) is 18.0 Å². The second-order valence-electron chi connectivity index (χ2n) is 8.88. The number of rotatable bonds is 6. The molecule has 3 aliphatic rings. The summed E-state index contributed by atoms with van der Waals surface area (Å²) in [7, 11) is -3.63. The van der Waals surface area contributed by atoms with Gasteiger partial charge in [-0.1, -0.05) is 6.07 Å². The van der Waals surface area contributed by atoms with Crippen molar-refractivity contribution < 1.29 is 22.7 Å². The molecule has 0 radical (unpaired) electrons. The molecule has 8 nitrogen and oxygen atoms in total. The Kier molecular flexibility index (Phi) is 7.48. The van der Waals surface area contributed by atoms with Crippen molar-refractivity contribution >= 4 is 21.8 Å². The van der Waals surface area contributed by atoms with E-state index in [1.807, 2.05) is 11.0 Å². The molecule has 0 aromatic heterocycles. The van der Waals surface area contributed by atoms with Gasteiger partial charge in [0, 0.05) is 45.1 Å². The lowest BCUT2D eigenvalue weighted by Crippen LogP contribution is -2.47. The molecule has 0 atom stereocenters. The Morgan fingerprint density at radius 1 is 0.969 bits per heavy atom. The van der Waals surface area contributed by atoms with E-state index < -0.39 is 10.0 Å². The van der Waals surface area contributed by atoms with Crippen LogP contribution in [0.5, 0.6) is 0 Å². The summed E-state index contributed by atoms with van der Waals surface area (Å²) in [6.45, 7) is 3.61. The Bertz CT molecular complexity index is 935. The van der Waals surface area contributed by atoms with Gasteiger partial charge in [-0.15, -0.1) is 0 Å². The average Bonchev–Trinajstić information content (AvgIpc) is 2.83. The third kappa shape index (κ3) is 5.50. The van der Waals surface area contributed by atoms with Gasteiger partial charge in [0.25, 0.3) is 0 Å². The molecular formula is C23H33N3O5S. The fourth-order valence-corrected chi connectivity index (χ4v) is 5.91. The maximum absolute atomic E-state index is 12.7. The molecule has 2 fully saturated rings. The first kappa shape index (κ1) is 23.2. The smallest absolute Gasteiger partial charge is 0.240 e. The summed E-state index contributed by atoms with van der Waals surface area (Å²) in [5.41, 5.74) is 2.35. The van der Waals surface area contributed by atoms with Crippen molar-refractivity contribution in [1.29, 1.82) is 0 Å². The third-order valence-corrected chi connectivity index (χ3v) is 8.24. The van der Waals surface area contributed by atoms with Crippen molar-refractivity contribution in [3.8, 4) is 0 Å². The highest BCUT2D eigenvalue weighted by atomic mass is 32.2. The van der Waals surface area contributed by atoms with Crippen molar-refractivity contribution in [1.82, 2.24) is 14.5 Å². The molecule has 1 aromatic rings. The van der Waals surface area contributed by atoms with Gasteiger partial charge in [0.1, 0.15) is 0 Å². The molecule has 1 aliphatic carbocycles. The number of amides is 2. The Morgan fingerprint density at radius 3 is 2.38 bits per heavy atom. The van der Waals surface area contributed by atoms with Gasteiger partial charge < -0.3 is 14.5 Å². The summed E-state index contributed by atoms with van der Waals surface area (Å²) in [5.74, 6) is 0.0493. The minimum Gasteiger partial charge on any atom is -0.378 e. The number of ether oxygens (including phenoxy) is 1. The van der Waals surface area contributed by atoms with Gasteiger partial charge in [0.2, 0.25) is 21.8 Å². The van der Waals surface area contributed by atoms with E-state index in [4.69, 9.17) is 4.74 Å². The largest absolute Gasteiger partial charge is 0.378 e. The van der Waals surface area contributed by atoms with E-state index >= 15 is 0 Å². The minimum absolute atomic E-state index is 0.0420. The summed E-state index contributed by atoms with van der Waals surface area (Å²) in [6.07, 6.45) is 5.59. The Balaban J connectivity index is 1.22. The first-order valence-corrected chi connectivity index (χ1v) is 13.2. The van der Waals surface area contributed by atoms with Crippen LogP contribution in [0.4, 0.5) is 0 Å². The molecule has 9 heteroatoms. The highest BCUT2D eigenvalue weighted by Gasteiger charge is 2.30. The van der Waals surface area contributed by atoms with Crippen LogP contribution in [0.1, 0.15) is 43.2 Å². The van der Waals surface area contributed by atoms with Gasteiger partial charge in [-0.25, -0.2) is 13.1 Å². The Labute approximate surface area is 190 Å². The first-order valence-electron chi connectivity index (χ1n) is 11.7. The molecule has 2 aliphatic heterocycles. The molecule has 0 unspecified atom stereocenters. The van der Waals surface area contributed by atoms with Crippen LogP contribution in [0, 0.1) is 5.92 Å². The second-order valence-corrected chi connectivity index (χ2v) is 10.6. The number of nitrogens with one attached hydrogen (secondary N) is 1.